The summed E-state index contributed by atoms with van der Waals surface area (Å²) in [5.41, 5.74) is 1.26. The number of nitrogens with one attached hydrogen (secondary N) is 1. The summed E-state index contributed by atoms with van der Waals surface area (Å²) in [5.74, 6) is 0.895. The monoisotopic (exact) mass is 314 g/mol. The highest BCUT2D eigenvalue weighted by atomic mass is 16.5. The zero-order valence-corrected chi connectivity index (χ0v) is 14.0. The molecule has 1 aliphatic heterocycles. The molecule has 0 aliphatic carbocycles. The Morgan fingerprint density at radius 2 is 2.13 bits per heavy atom. The standard InChI is InChI=1S/C19H26N2O2/c1-3-4-5-9-19(22)20-17-10-12-21(13-11-17)15-16-7-6-8-18(14-16)23-2/h3-9,14,17H,10-13,15H2,1-2H3,(H,20,22)/b4-3+,9-5+. The van der Waals surface area contributed by atoms with Crippen molar-refractivity contribution < 1.29 is 9.53 Å². The van der Waals surface area contributed by atoms with Crippen LogP contribution in [0.4, 0.5) is 0 Å². The van der Waals surface area contributed by atoms with Gasteiger partial charge in [0.1, 0.15) is 5.75 Å². The van der Waals surface area contributed by atoms with E-state index in [0.717, 1.165) is 38.2 Å². The van der Waals surface area contributed by atoms with Crippen LogP contribution in [-0.4, -0.2) is 37.0 Å². The van der Waals surface area contributed by atoms with E-state index < -0.39 is 0 Å². The number of allylic oxidation sites excluding steroid dienone is 3. The molecule has 0 unspecified atom stereocenters. The van der Waals surface area contributed by atoms with Crippen LogP contribution in [0.3, 0.4) is 0 Å². The van der Waals surface area contributed by atoms with Gasteiger partial charge in [-0.25, -0.2) is 0 Å². The lowest BCUT2D eigenvalue weighted by molar-refractivity contribution is -0.117. The van der Waals surface area contributed by atoms with Crippen molar-refractivity contribution in [2.45, 2.75) is 32.4 Å². The molecule has 0 radical (unpaired) electrons. The molecule has 0 saturated carbocycles. The molecule has 0 aromatic heterocycles. The zero-order chi connectivity index (χ0) is 16.5. The number of hydrogen-bond acceptors (Lipinski definition) is 3. The van der Waals surface area contributed by atoms with Crippen LogP contribution in [0.1, 0.15) is 25.3 Å². The number of carbonyl (C=O) groups is 1. The number of likely N-dealkylation sites (tertiary alicyclic amines) is 1. The Balaban J connectivity index is 1.76. The first-order chi connectivity index (χ1) is 11.2. The lowest BCUT2D eigenvalue weighted by Crippen LogP contribution is -2.43. The molecule has 1 heterocycles. The van der Waals surface area contributed by atoms with Crippen LogP contribution in [0, 0.1) is 0 Å². The van der Waals surface area contributed by atoms with Gasteiger partial charge in [0.15, 0.2) is 0 Å². The fourth-order valence-electron chi connectivity index (χ4n) is 2.77. The number of carbonyl (C=O) groups excluding carboxylic acids is 1. The molecule has 1 aromatic rings. The molecule has 0 atom stereocenters. The molecular weight excluding hydrogens is 288 g/mol. The Morgan fingerprint density at radius 1 is 1.35 bits per heavy atom. The molecule has 2 rings (SSSR count). The van der Waals surface area contributed by atoms with Crippen molar-refractivity contribution in [1.82, 2.24) is 10.2 Å². The number of ether oxygens (including phenoxy) is 1. The van der Waals surface area contributed by atoms with Gasteiger partial charge in [-0.2, -0.15) is 0 Å². The quantitative estimate of drug-likeness (QED) is 0.648. The summed E-state index contributed by atoms with van der Waals surface area (Å²) in [6.45, 7) is 4.86. The average Bonchev–Trinajstić information content (AvgIpc) is 2.57. The fraction of sp³-hybridized carbons (Fsp3) is 0.421. The third kappa shape index (κ3) is 5.91. The Bertz CT molecular complexity index is 558. The summed E-state index contributed by atoms with van der Waals surface area (Å²) in [7, 11) is 1.69. The Labute approximate surface area is 138 Å². The van der Waals surface area contributed by atoms with E-state index in [0.29, 0.717) is 0 Å². The van der Waals surface area contributed by atoms with Crippen LogP contribution in [-0.2, 0) is 11.3 Å². The van der Waals surface area contributed by atoms with Gasteiger partial charge in [-0.05, 0) is 37.5 Å². The maximum atomic E-state index is 11.8. The predicted octanol–water partition coefficient (Wildman–Crippen LogP) is 2.91. The summed E-state index contributed by atoms with van der Waals surface area (Å²) in [5, 5.41) is 3.07. The number of rotatable bonds is 6. The van der Waals surface area contributed by atoms with Crippen molar-refractivity contribution in [3.8, 4) is 5.75 Å². The van der Waals surface area contributed by atoms with Crippen LogP contribution in [0.15, 0.2) is 48.6 Å². The van der Waals surface area contributed by atoms with Crippen molar-refractivity contribution >= 4 is 5.91 Å². The summed E-state index contributed by atoms with van der Waals surface area (Å²) < 4.78 is 5.27. The Hall–Kier alpha value is -2.07. The normalized spacial score (nSPS) is 17.0. The SMILES string of the molecule is C/C=C/C=C/C(=O)NC1CCN(Cc2cccc(OC)c2)CC1. The minimum atomic E-state index is -0.00524. The van der Waals surface area contributed by atoms with Crippen LogP contribution in [0.25, 0.3) is 0 Å². The van der Waals surface area contributed by atoms with Crippen LogP contribution in [0.2, 0.25) is 0 Å². The first kappa shape index (κ1) is 17.3. The van der Waals surface area contributed by atoms with Gasteiger partial charge in [0.2, 0.25) is 5.91 Å². The fourth-order valence-corrected chi connectivity index (χ4v) is 2.77. The van der Waals surface area contributed by atoms with Crippen molar-refractivity contribution in [1.29, 1.82) is 0 Å². The van der Waals surface area contributed by atoms with Gasteiger partial charge in [0, 0.05) is 31.8 Å². The second-order valence-corrected chi connectivity index (χ2v) is 5.80. The van der Waals surface area contributed by atoms with Crippen LogP contribution >= 0.6 is 0 Å². The molecule has 0 spiro atoms. The molecule has 23 heavy (non-hydrogen) atoms. The second-order valence-electron chi connectivity index (χ2n) is 5.80. The molecule has 1 amide bonds. The minimum absolute atomic E-state index is 0.00524. The van der Waals surface area contributed by atoms with E-state index in [2.05, 4.69) is 22.3 Å². The van der Waals surface area contributed by atoms with Crippen LogP contribution < -0.4 is 10.1 Å². The average molecular weight is 314 g/mol. The molecule has 1 aliphatic rings. The van der Waals surface area contributed by atoms with Gasteiger partial charge in [0.25, 0.3) is 0 Å². The largest absolute Gasteiger partial charge is 0.497 e. The molecule has 1 fully saturated rings. The summed E-state index contributed by atoms with van der Waals surface area (Å²) >= 11 is 0. The van der Waals surface area contributed by atoms with Gasteiger partial charge >= 0.3 is 0 Å². The van der Waals surface area contributed by atoms with E-state index in [-0.39, 0.29) is 11.9 Å². The first-order valence-corrected chi connectivity index (χ1v) is 8.16. The van der Waals surface area contributed by atoms with Crippen molar-refractivity contribution in [3.63, 3.8) is 0 Å². The van der Waals surface area contributed by atoms with Gasteiger partial charge < -0.3 is 10.1 Å². The number of nitrogens with zero attached hydrogens (tertiary/aromatic N) is 1. The molecule has 1 saturated heterocycles. The van der Waals surface area contributed by atoms with E-state index in [1.165, 1.54) is 5.56 Å². The minimum Gasteiger partial charge on any atom is -0.497 e. The molecule has 4 nitrogen and oxygen atoms in total. The van der Waals surface area contributed by atoms with E-state index in [1.54, 1.807) is 19.3 Å². The smallest absolute Gasteiger partial charge is 0.244 e. The molecular formula is C19H26N2O2. The number of benzene rings is 1. The molecule has 4 heteroatoms. The molecule has 0 bridgehead atoms. The van der Waals surface area contributed by atoms with Gasteiger partial charge in [0.05, 0.1) is 7.11 Å². The second kappa shape index (κ2) is 9.16. The lowest BCUT2D eigenvalue weighted by Gasteiger charge is -2.32. The van der Waals surface area contributed by atoms with E-state index in [9.17, 15) is 4.79 Å². The zero-order valence-electron chi connectivity index (χ0n) is 14.0. The van der Waals surface area contributed by atoms with Crippen molar-refractivity contribution in [3.05, 3.63) is 54.1 Å². The molecule has 1 N–H and O–H groups in total. The van der Waals surface area contributed by atoms with Gasteiger partial charge in [-0.1, -0.05) is 30.4 Å². The Kier molecular flexibility index (Phi) is 6.88. The predicted molar refractivity (Wildman–Crippen MR) is 93.4 cm³/mol. The van der Waals surface area contributed by atoms with E-state index >= 15 is 0 Å². The summed E-state index contributed by atoms with van der Waals surface area (Å²) in [6, 6.07) is 8.48. The van der Waals surface area contributed by atoms with Gasteiger partial charge in [-0.15, -0.1) is 0 Å². The first-order valence-electron chi connectivity index (χ1n) is 8.16. The molecule has 1 aromatic carbocycles. The third-order valence-electron chi connectivity index (χ3n) is 4.03. The third-order valence-corrected chi connectivity index (χ3v) is 4.03. The van der Waals surface area contributed by atoms with Crippen LogP contribution in [0.5, 0.6) is 5.75 Å². The van der Waals surface area contributed by atoms with Gasteiger partial charge in [-0.3, -0.25) is 9.69 Å². The van der Waals surface area contributed by atoms with E-state index in [1.807, 2.05) is 31.2 Å². The highest BCUT2D eigenvalue weighted by molar-refractivity contribution is 5.87. The number of amides is 1. The summed E-state index contributed by atoms with van der Waals surface area (Å²) in [6.07, 6.45) is 9.10. The number of methoxy groups -OCH3 is 1. The topological polar surface area (TPSA) is 41.6 Å². The lowest BCUT2D eigenvalue weighted by atomic mass is 10.0. The number of piperidine rings is 1. The molecule has 124 valence electrons. The Morgan fingerprint density at radius 3 is 2.83 bits per heavy atom. The highest BCUT2D eigenvalue weighted by Crippen LogP contribution is 2.17. The maximum absolute atomic E-state index is 11.8. The maximum Gasteiger partial charge on any atom is 0.244 e. The van der Waals surface area contributed by atoms with E-state index in [4.69, 9.17) is 4.74 Å². The van der Waals surface area contributed by atoms with Crippen molar-refractivity contribution in [2.24, 2.45) is 0 Å². The highest BCUT2D eigenvalue weighted by Gasteiger charge is 2.20. The van der Waals surface area contributed by atoms with Crippen molar-refractivity contribution in [2.75, 3.05) is 20.2 Å². The summed E-state index contributed by atoms with van der Waals surface area (Å²) in [4.78, 5) is 14.2. The number of hydrogen-bond donors (Lipinski definition) is 1.